The van der Waals surface area contributed by atoms with E-state index in [4.69, 9.17) is 10.5 Å². The van der Waals surface area contributed by atoms with Gasteiger partial charge in [-0.15, -0.1) is 12.4 Å². The van der Waals surface area contributed by atoms with E-state index in [1.807, 2.05) is 74.6 Å². The first-order valence-electron chi connectivity index (χ1n) is 10.3. The van der Waals surface area contributed by atoms with Crippen molar-refractivity contribution >= 4 is 35.2 Å². The Morgan fingerprint density at radius 1 is 1.06 bits per heavy atom. The van der Waals surface area contributed by atoms with Crippen LogP contribution in [0.15, 0.2) is 60.8 Å². The van der Waals surface area contributed by atoms with Gasteiger partial charge < -0.3 is 20.8 Å². The highest BCUT2D eigenvalue weighted by atomic mass is 35.5. The van der Waals surface area contributed by atoms with E-state index in [1.54, 1.807) is 0 Å². The number of H-pyrrole nitrogens is 1. The molecule has 0 radical (unpaired) electrons. The molecule has 31 heavy (non-hydrogen) atoms. The van der Waals surface area contributed by atoms with Crippen molar-refractivity contribution in [3.63, 3.8) is 0 Å². The van der Waals surface area contributed by atoms with Crippen LogP contribution in [0.1, 0.15) is 31.4 Å². The van der Waals surface area contributed by atoms with Gasteiger partial charge in [0.1, 0.15) is 12.6 Å². The zero-order chi connectivity index (χ0) is 21.5. The molecular formula is C24H30ClN3O3. The smallest absolute Gasteiger partial charge is 0.329 e. The standard InChI is InChI=1S/C24H29N3O3.ClH/c1-16(2)12-20(25)23(28)27-22(24(29)30-15-17-8-4-3-5-9-17)13-18-14-26-21-11-7-6-10-19(18)21;/h3-11,14,16,20,22,26H,12-13,15,25H2,1-2H3,(H,27,28);1H/t20-,22-;/m0./s1. The second-order valence-corrected chi connectivity index (χ2v) is 7.95. The molecule has 7 heteroatoms. The number of rotatable bonds is 9. The molecule has 1 heterocycles. The highest BCUT2D eigenvalue weighted by molar-refractivity contribution is 5.89. The van der Waals surface area contributed by atoms with E-state index in [0.717, 1.165) is 22.0 Å². The molecule has 0 saturated heterocycles. The maximum absolute atomic E-state index is 12.9. The van der Waals surface area contributed by atoms with Crippen molar-refractivity contribution in [2.45, 2.75) is 45.4 Å². The number of para-hydroxylation sites is 1. The van der Waals surface area contributed by atoms with Gasteiger partial charge in [0, 0.05) is 23.5 Å². The molecule has 0 saturated carbocycles. The van der Waals surface area contributed by atoms with Gasteiger partial charge in [0.05, 0.1) is 6.04 Å². The number of nitrogens with one attached hydrogen (secondary N) is 2. The van der Waals surface area contributed by atoms with Gasteiger partial charge in [0.2, 0.25) is 5.91 Å². The third kappa shape index (κ3) is 6.84. The second-order valence-electron chi connectivity index (χ2n) is 7.95. The van der Waals surface area contributed by atoms with Crippen LogP contribution in [0, 0.1) is 5.92 Å². The molecule has 2 aromatic carbocycles. The molecule has 0 fully saturated rings. The number of carbonyl (C=O) groups excluding carboxylic acids is 2. The second kappa shape index (κ2) is 11.5. The molecule has 0 unspecified atom stereocenters. The van der Waals surface area contributed by atoms with Crippen LogP contribution in [0.4, 0.5) is 0 Å². The van der Waals surface area contributed by atoms with Gasteiger partial charge in [0.15, 0.2) is 0 Å². The Labute approximate surface area is 189 Å². The summed E-state index contributed by atoms with van der Waals surface area (Å²) in [6.07, 6.45) is 2.73. The largest absolute Gasteiger partial charge is 0.459 e. The van der Waals surface area contributed by atoms with Crippen LogP contribution in [-0.2, 0) is 27.4 Å². The van der Waals surface area contributed by atoms with Crippen molar-refractivity contribution in [3.8, 4) is 0 Å². The summed E-state index contributed by atoms with van der Waals surface area (Å²) in [6, 6.07) is 15.8. The van der Waals surface area contributed by atoms with Gasteiger partial charge in [0.25, 0.3) is 0 Å². The Bertz CT molecular complexity index is 988. The summed E-state index contributed by atoms with van der Waals surface area (Å²) in [4.78, 5) is 28.7. The Morgan fingerprint density at radius 2 is 1.74 bits per heavy atom. The number of amides is 1. The molecule has 3 rings (SSSR count). The van der Waals surface area contributed by atoms with Crippen molar-refractivity contribution in [2.75, 3.05) is 0 Å². The number of ether oxygens (including phenoxy) is 1. The lowest BCUT2D eigenvalue weighted by Gasteiger charge is -2.21. The fourth-order valence-corrected chi connectivity index (χ4v) is 3.44. The fraction of sp³-hybridized carbons (Fsp3) is 0.333. The van der Waals surface area contributed by atoms with Gasteiger partial charge in [-0.2, -0.15) is 0 Å². The number of hydrogen-bond donors (Lipinski definition) is 3. The molecule has 166 valence electrons. The summed E-state index contributed by atoms with van der Waals surface area (Å²) in [6.45, 7) is 4.16. The van der Waals surface area contributed by atoms with Crippen molar-refractivity contribution in [1.29, 1.82) is 0 Å². The molecule has 0 bridgehead atoms. The molecule has 0 spiro atoms. The molecular weight excluding hydrogens is 414 g/mol. The van der Waals surface area contributed by atoms with Crippen LogP contribution < -0.4 is 11.1 Å². The lowest BCUT2D eigenvalue weighted by atomic mass is 10.0. The van der Waals surface area contributed by atoms with Gasteiger partial charge in [-0.05, 0) is 29.5 Å². The number of carbonyl (C=O) groups is 2. The van der Waals surface area contributed by atoms with Crippen molar-refractivity contribution in [2.24, 2.45) is 11.7 Å². The summed E-state index contributed by atoms with van der Waals surface area (Å²) >= 11 is 0. The summed E-state index contributed by atoms with van der Waals surface area (Å²) in [7, 11) is 0. The number of aromatic nitrogens is 1. The van der Waals surface area contributed by atoms with Crippen molar-refractivity contribution in [1.82, 2.24) is 10.3 Å². The van der Waals surface area contributed by atoms with E-state index in [2.05, 4.69) is 10.3 Å². The van der Waals surface area contributed by atoms with E-state index in [1.165, 1.54) is 0 Å². The molecule has 1 amide bonds. The molecule has 1 aromatic heterocycles. The Balaban J connectivity index is 0.00000341. The quantitative estimate of drug-likeness (QED) is 0.439. The van der Waals surface area contributed by atoms with Gasteiger partial charge in [-0.25, -0.2) is 4.79 Å². The zero-order valence-corrected chi connectivity index (χ0v) is 18.7. The molecule has 3 aromatic rings. The first-order chi connectivity index (χ1) is 14.4. The lowest BCUT2D eigenvalue weighted by Crippen LogP contribution is -2.50. The average Bonchev–Trinajstić information content (AvgIpc) is 3.14. The summed E-state index contributed by atoms with van der Waals surface area (Å²) in [5.41, 5.74) is 8.83. The lowest BCUT2D eigenvalue weighted by molar-refractivity contribution is -0.149. The van der Waals surface area contributed by atoms with Crippen LogP contribution >= 0.6 is 12.4 Å². The number of aromatic amines is 1. The minimum absolute atomic E-state index is 0. The summed E-state index contributed by atoms with van der Waals surface area (Å²) in [5.74, 6) is -0.540. The topological polar surface area (TPSA) is 97.2 Å². The van der Waals surface area contributed by atoms with E-state index in [-0.39, 0.29) is 30.8 Å². The number of benzene rings is 2. The molecule has 0 aliphatic rings. The van der Waals surface area contributed by atoms with Crippen molar-refractivity contribution < 1.29 is 14.3 Å². The maximum atomic E-state index is 12.9. The monoisotopic (exact) mass is 443 g/mol. The van der Waals surface area contributed by atoms with E-state index in [0.29, 0.717) is 12.8 Å². The van der Waals surface area contributed by atoms with E-state index in [9.17, 15) is 9.59 Å². The van der Waals surface area contributed by atoms with Gasteiger partial charge >= 0.3 is 5.97 Å². The van der Waals surface area contributed by atoms with Gasteiger partial charge in [-0.3, -0.25) is 4.79 Å². The predicted molar refractivity (Wildman–Crippen MR) is 125 cm³/mol. The predicted octanol–water partition coefficient (Wildman–Crippen LogP) is 3.73. The number of halogens is 1. The Morgan fingerprint density at radius 3 is 2.45 bits per heavy atom. The van der Waals surface area contributed by atoms with E-state index < -0.39 is 18.1 Å². The highest BCUT2D eigenvalue weighted by Gasteiger charge is 2.26. The Hall–Kier alpha value is -2.83. The molecule has 6 nitrogen and oxygen atoms in total. The zero-order valence-electron chi connectivity index (χ0n) is 17.8. The normalized spacial score (nSPS) is 12.8. The van der Waals surface area contributed by atoms with Crippen molar-refractivity contribution in [3.05, 3.63) is 71.9 Å². The molecule has 2 atom stereocenters. The average molecular weight is 444 g/mol. The molecule has 0 aliphatic carbocycles. The van der Waals surface area contributed by atoms with Gasteiger partial charge in [-0.1, -0.05) is 62.4 Å². The van der Waals surface area contributed by atoms with Crippen LogP contribution in [0.2, 0.25) is 0 Å². The van der Waals surface area contributed by atoms with Crippen LogP contribution in [-0.4, -0.2) is 28.9 Å². The first-order valence-corrected chi connectivity index (χ1v) is 10.3. The first kappa shape index (κ1) is 24.4. The number of fused-ring (bicyclic) bond motifs is 1. The third-order valence-electron chi connectivity index (χ3n) is 4.99. The minimum atomic E-state index is -0.821. The SMILES string of the molecule is CC(C)C[C@H](N)C(=O)N[C@@H](Cc1c[nH]c2ccccc12)C(=O)OCc1ccccc1.Cl. The van der Waals surface area contributed by atoms with Crippen LogP contribution in [0.25, 0.3) is 10.9 Å². The number of hydrogen-bond acceptors (Lipinski definition) is 4. The number of nitrogens with two attached hydrogens (primary N) is 1. The highest BCUT2D eigenvalue weighted by Crippen LogP contribution is 2.20. The summed E-state index contributed by atoms with van der Waals surface area (Å²) < 4.78 is 5.51. The van der Waals surface area contributed by atoms with E-state index >= 15 is 0 Å². The fourth-order valence-electron chi connectivity index (χ4n) is 3.44. The third-order valence-corrected chi connectivity index (χ3v) is 4.99. The minimum Gasteiger partial charge on any atom is -0.459 e. The summed E-state index contributed by atoms with van der Waals surface area (Å²) in [5, 5.41) is 3.82. The van der Waals surface area contributed by atoms with Crippen LogP contribution in [0.5, 0.6) is 0 Å². The maximum Gasteiger partial charge on any atom is 0.329 e. The van der Waals surface area contributed by atoms with Crippen LogP contribution in [0.3, 0.4) is 0 Å². The Kier molecular flexibility index (Phi) is 9.09. The molecule has 4 N–H and O–H groups in total. The molecule has 0 aliphatic heterocycles. The number of esters is 1.